The van der Waals surface area contributed by atoms with E-state index in [0.717, 1.165) is 4.90 Å². The number of hydrogen-bond donors (Lipinski definition) is 0. The molecule has 1 aromatic rings. The molecule has 1 unspecified atom stereocenters. The number of carbonyl (C=O) groups is 4. The van der Waals surface area contributed by atoms with Crippen LogP contribution in [0.15, 0.2) is 24.3 Å². The van der Waals surface area contributed by atoms with Crippen LogP contribution in [-0.4, -0.2) is 97.5 Å². The Kier molecular flexibility index (Phi) is 6.60. The molecule has 1 atom stereocenters. The van der Waals surface area contributed by atoms with E-state index in [4.69, 9.17) is 9.47 Å². The maximum atomic E-state index is 12.9. The highest BCUT2D eigenvalue weighted by molar-refractivity contribution is 6.22. The molecule has 2 aliphatic heterocycles. The summed E-state index contributed by atoms with van der Waals surface area (Å²) in [6.07, 6.45) is 0. The zero-order valence-electron chi connectivity index (χ0n) is 16.6. The van der Waals surface area contributed by atoms with E-state index in [0.29, 0.717) is 50.5 Å². The molecule has 0 spiro atoms. The van der Waals surface area contributed by atoms with Crippen molar-refractivity contribution in [2.45, 2.75) is 13.0 Å². The number of ether oxygens (including phenoxy) is 2. The van der Waals surface area contributed by atoms with Gasteiger partial charge in [-0.25, -0.2) is 0 Å². The minimum absolute atomic E-state index is 0.0251. The third kappa shape index (κ3) is 4.30. The van der Waals surface area contributed by atoms with Crippen LogP contribution in [0.4, 0.5) is 0 Å². The Morgan fingerprint density at radius 1 is 0.966 bits per heavy atom. The third-order valence-electron chi connectivity index (χ3n) is 5.17. The van der Waals surface area contributed by atoms with Gasteiger partial charge in [0.15, 0.2) is 0 Å². The molecule has 0 aromatic heterocycles. The fourth-order valence-electron chi connectivity index (χ4n) is 3.50. The smallest absolute Gasteiger partial charge is 0.262 e. The molecule has 0 saturated carbocycles. The Bertz CT molecular complexity index is 768. The highest BCUT2D eigenvalue weighted by Gasteiger charge is 2.42. The molecule has 2 aliphatic rings. The average Bonchev–Trinajstić information content (AvgIpc) is 3.00. The number of piperazine rings is 1. The van der Waals surface area contributed by atoms with Crippen molar-refractivity contribution in [1.29, 1.82) is 0 Å². The van der Waals surface area contributed by atoms with Crippen LogP contribution in [0, 0.1) is 0 Å². The normalized spacial score (nSPS) is 17.5. The van der Waals surface area contributed by atoms with Crippen LogP contribution in [-0.2, 0) is 19.1 Å². The van der Waals surface area contributed by atoms with Crippen molar-refractivity contribution in [2.24, 2.45) is 0 Å². The molecule has 0 aliphatic carbocycles. The molecular weight excluding hydrogens is 378 g/mol. The van der Waals surface area contributed by atoms with Gasteiger partial charge in [-0.3, -0.25) is 24.1 Å². The van der Waals surface area contributed by atoms with E-state index in [9.17, 15) is 19.2 Å². The van der Waals surface area contributed by atoms with Gasteiger partial charge in [0, 0.05) is 33.3 Å². The van der Waals surface area contributed by atoms with Crippen molar-refractivity contribution < 1.29 is 28.7 Å². The van der Waals surface area contributed by atoms with Gasteiger partial charge in [0.25, 0.3) is 11.8 Å². The highest BCUT2D eigenvalue weighted by Crippen LogP contribution is 2.25. The summed E-state index contributed by atoms with van der Waals surface area (Å²) < 4.78 is 10.1. The van der Waals surface area contributed by atoms with Crippen molar-refractivity contribution in [3.8, 4) is 0 Å². The molecule has 0 bridgehead atoms. The van der Waals surface area contributed by atoms with Gasteiger partial charge >= 0.3 is 0 Å². The summed E-state index contributed by atoms with van der Waals surface area (Å²) in [7, 11) is 1.56. The van der Waals surface area contributed by atoms with Crippen molar-refractivity contribution in [3.05, 3.63) is 35.4 Å². The predicted octanol–water partition coefficient (Wildman–Crippen LogP) is 0.00490. The lowest BCUT2D eigenvalue weighted by molar-refractivity contribution is -0.144. The third-order valence-corrected chi connectivity index (χ3v) is 5.17. The van der Waals surface area contributed by atoms with E-state index in [2.05, 4.69) is 0 Å². The van der Waals surface area contributed by atoms with Gasteiger partial charge in [-0.2, -0.15) is 0 Å². The molecule has 1 fully saturated rings. The molecule has 9 heteroatoms. The fraction of sp³-hybridized carbons (Fsp3) is 0.500. The van der Waals surface area contributed by atoms with Crippen LogP contribution in [0.1, 0.15) is 27.6 Å². The molecule has 1 aromatic carbocycles. The summed E-state index contributed by atoms with van der Waals surface area (Å²) in [5.74, 6) is -1.34. The lowest BCUT2D eigenvalue weighted by atomic mass is 10.1. The number of amides is 4. The van der Waals surface area contributed by atoms with Gasteiger partial charge < -0.3 is 19.3 Å². The van der Waals surface area contributed by atoms with E-state index in [-0.39, 0.29) is 18.4 Å². The number of benzene rings is 1. The van der Waals surface area contributed by atoms with E-state index in [1.165, 1.54) is 0 Å². The lowest BCUT2D eigenvalue weighted by Gasteiger charge is -2.37. The second-order valence-electron chi connectivity index (χ2n) is 6.95. The number of imide groups is 1. The largest absolute Gasteiger partial charge is 0.382 e. The number of fused-ring (bicyclic) bond motifs is 1. The van der Waals surface area contributed by atoms with Crippen LogP contribution in [0.3, 0.4) is 0 Å². The Hall–Kier alpha value is -2.78. The first-order valence-electron chi connectivity index (χ1n) is 9.56. The predicted molar refractivity (Wildman–Crippen MR) is 102 cm³/mol. The fourth-order valence-corrected chi connectivity index (χ4v) is 3.50. The summed E-state index contributed by atoms with van der Waals surface area (Å²) in [6, 6.07) is 5.66. The van der Waals surface area contributed by atoms with E-state index in [1.807, 2.05) is 0 Å². The zero-order valence-corrected chi connectivity index (χ0v) is 16.6. The van der Waals surface area contributed by atoms with Gasteiger partial charge in [-0.1, -0.05) is 12.1 Å². The van der Waals surface area contributed by atoms with Crippen LogP contribution < -0.4 is 0 Å². The average molecular weight is 403 g/mol. The minimum atomic E-state index is -0.901. The van der Waals surface area contributed by atoms with Gasteiger partial charge in [0.1, 0.15) is 12.6 Å². The molecule has 4 amide bonds. The summed E-state index contributed by atoms with van der Waals surface area (Å²) in [5.41, 5.74) is 0.641. The molecule has 29 heavy (non-hydrogen) atoms. The molecule has 9 nitrogen and oxygen atoms in total. The van der Waals surface area contributed by atoms with Gasteiger partial charge in [0.2, 0.25) is 11.8 Å². The second-order valence-corrected chi connectivity index (χ2v) is 6.95. The van der Waals surface area contributed by atoms with Gasteiger partial charge in [-0.15, -0.1) is 0 Å². The number of hydrogen-bond acceptors (Lipinski definition) is 6. The standard InChI is InChI=1S/C20H25N3O6/c1-14(23-19(26)15-5-3-4-6-16(15)20(23)27)18(25)22-9-7-21(8-10-22)17(24)13-29-12-11-28-2/h3-6,14H,7-13H2,1-2H3. The molecule has 0 radical (unpaired) electrons. The Labute approximate surface area is 169 Å². The summed E-state index contributed by atoms with van der Waals surface area (Å²) in [4.78, 5) is 54.5. The van der Waals surface area contributed by atoms with E-state index < -0.39 is 17.9 Å². The summed E-state index contributed by atoms with van der Waals surface area (Å²) in [5, 5.41) is 0. The zero-order chi connectivity index (χ0) is 21.0. The molecule has 2 heterocycles. The lowest BCUT2D eigenvalue weighted by Crippen LogP contribution is -2.56. The van der Waals surface area contributed by atoms with Crippen LogP contribution in [0.2, 0.25) is 0 Å². The Morgan fingerprint density at radius 2 is 1.52 bits per heavy atom. The van der Waals surface area contributed by atoms with Crippen molar-refractivity contribution >= 4 is 23.6 Å². The van der Waals surface area contributed by atoms with Crippen molar-refractivity contribution in [3.63, 3.8) is 0 Å². The summed E-state index contributed by atoms with van der Waals surface area (Å²) in [6.45, 7) is 3.75. The molecular formula is C20H25N3O6. The van der Waals surface area contributed by atoms with Crippen LogP contribution in [0.5, 0.6) is 0 Å². The summed E-state index contributed by atoms with van der Waals surface area (Å²) >= 11 is 0. The number of methoxy groups -OCH3 is 1. The monoisotopic (exact) mass is 403 g/mol. The molecule has 3 rings (SSSR count). The first-order valence-corrected chi connectivity index (χ1v) is 9.56. The highest BCUT2D eigenvalue weighted by atomic mass is 16.5. The van der Waals surface area contributed by atoms with E-state index >= 15 is 0 Å². The number of carbonyl (C=O) groups excluding carboxylic acids is 4. The maximum absolute atomic E-state index is 12.9. The molecule has 0 N–H and O–H groups in total. The van der Waals surface area contributed by atoms with Gasteiger partial charge in [0.05, 0.1) is 24.3 Å². The van der Waals surface area contributed by atoms with Crippen LogP contribution >= 0.6 is 0 Å². The van der Waals surface area contributed by atoms with E-state index in [1.54, 1.807) is 48.1 Å². The maximum Gasteiger partial charge on any atom is 0.262 e. The second kappa shape index (κ2) is 9.15. The Balaban J connectivity index is 1.54. The SMILES string of the molecule is COCCOCC(=O)N1CCN(C(=O)C(C)N2C(=O)c3ccccc3C2=O)CC1. The molecule has 1 saturated heterocycles. The topological polar surface area (TPSA) is 96.5 Å². The van der Waals surface area contributed by atoms with Crippen molar-refractivity contribution in [2.75, 3.05) is 53.1 Å². The van der Waals surface area contributed by atoms with Gasteiger partial charge in [-0.05, 0) is 19.1 Å². The van der Waals surface area contributed by atoms with Crippen LogP contribution in [0.25, 0.3) is 0 Å². The first kappa shape index (κ1) is 20.9. The Morgan fingerprint density at radius 3 is 2.07 bits per heavy atom. The van der Waals surface area contributed by atoms with Crippen molar-refractivity contribution in [1.82, 2.24) is 14.7 Å². The molecule has 156 valence electrons. The number of nitrogens with zero attached hydrogens (tertiary/aromatic N) is 3. The number of rotatable bonds is 7. The minimum Gasteiger partial charge on any atom is -0.382 e. The first-order chi connectivity index (χ1) is 14.0. The quantitative estimate of drug-likeness (QED) is 0.470.